The van der Waals surface area contributed by atoms with E-state index < -0.39 is 8.07 Å². The van der Waals surface area contributed by atoms with Crippen molar-refractivity contribution in [3.05, 3.63) is 340 Å². The van der Waals surface area contributed by atoms with Gasteiger partial charge in [0, 0.05) is 68.2 Å². The minimum absolute atomic E-state index is 1.03. The molecule has 0 amide bonds. The Hall–Kier alpha value is -10.2. The fourth-order valence-corrected chi connectivity index (χ4v) is 13.7. The summed E-state index contributed by atoms with van der Waals surface area (Å²) in [5.41, 5.74) is 19.4. The molecule has 4 nitrogen and oxygen atoms in total. The minimum Gasteiger partial charge on any atom is -0.311 e. The van der Waals surface area contributed by atoms with Crippen LogP contribution in [0.15, 0.2) is 334 Å². The highest BCUT2D eigenvalue weighted by atomic mass is 28.3. The number of aryl methyl sites for hydroxylation is 1. The SMILES string of the molecule is C=CCCCc1ccc(N(c2ccccc2)c2ccc(-c3ccc(N(c4ccccc4)c4ccc([Si](C)(C)c5ccc(N(c6ccccc6)c6ccc(-c7ccc(N(c8ccccc8)c8ccccc8)cc7)cc6)cc5)cc4)cc3)cc2)cc1. The van der Waals surface area contributed by atoms with Gasteiger partial charge in [-0.2, -0.15) is 0 Å². The van der Waals surface area contributed by atoms with Gasteiger partial charge in [0.05, 0.1) is 0 Å². The Balaban J connectivity index is 0.760. The lowest BCUT2D eigenvalue weighted by molar-refractivity contribution is 0.844. The molecule has 0 heterocycles. The van der Waals surface area contributed by atoms with Crippen molar-refractivity contribution < 1.29 is 0 Å². The van der Waals surface area contributed by atoms with Crippen molar-refractivity contribution in [2.75, 3.05) is 19.6 Å². The first-order valence-electron chi connectivity index (χ1n) is 29.2. The molecule has 12 aromatic rings. The Kier molecular flexibility index (Phi) is 16.4. The van der Waals surface area contributed by atoms with Crippen LogP contribution in [0, 0.1) is 0 Å². The smallest absolute Gasteiger partial charge is 0.112 e. The summed E-state index contributed by atoms with van der Waals surface area (Å²) in [6.45, 7) is 8.81. The second-order valence-corrected chi connectivity index (χ2v) is 26.2. The van der Waals surface area contributed by atoms with Gasteiger partial charge in [0.2, 0.25) is 0 Å². The first-order chi connectivity index (χ1) is 41.4. The molecule has 0 atom stereocenters. The third-order valence-electron chi connectivity index (χ3n) is 16.0. The number of rotatable bonds is 20. The summed E-state index contributed by atoms with van der Waals surface area (Å²) in [4.78, 5) is 9.34. The molecule has 0 aliphatic carbocycles. The van der Waals surface area contributed by atoms with Gasteiger partial charge < -0.3 is 19.6 Å². The Morgan fingerprint density at radius 3 is 0.690 bits per heavy atom. The van der Waals surface area contributed by atoms with Crippen LogP contribution in [-0.4, -0.2) is 8.07 Å². The highest BCUT2D eigenvalue weighted by Gasteiger charge is 2.27. The second-order valence-electron chi connectivity index (χ2n) is 21.8. The van der Waals surface area contributed by atoms with Crippen LogP contribution in [0.4, 0.5) is 68.2 Å². The zero-order valence-corrected chi connectivity index (χ0v) is 48.8. The summed E-state index contributed by atoms with van der Waals surface area (Å²) in [5, 5.41) is 2.76. The van der Waals surface area contributed by atoms with Crippen molar-refractivity contribution in [3.63, 3.8) is 0 Å². The van der Waals surface area contributed by atoms with Crippen LogP contribution in [0.3, 0.4) is 0 Å². The van der Waals surface area contributed by atoms with Crippen LogP contribution in [0.5, 0.6) is 0 Å². The third kappa shape index (κ3) is 12.1. The van der Waals surface area contributed by atoms with E-state index in [1.165, 1.54) is 38.2 Å². The molecular formula is C79H68N4Si. The summed E-state index contributed by atoms with van der Waals surface area (Å²) in [6.07, 6.45) is 5.19. The average molecular weight is 1100 g/mol. The van der Waals surface area contributed by atoms with E-state index in [0.717, 1.165) is 87.5 Å². The Bertz CT molecular complexity index is 3970. The standard InChI is InChI=1S/C79H68N4Si/c1-4-5-11-22-61-33-43-71(44-34-61)81(68-27-16-8-17-28-68)73-47-37-63(38-48-73)65-41-51-75(52-42-65)83(70-31-20-10-21-32-70)77-55-59-79(60-56-77)84(2,3)78-57-53-76(54-58-78)82(69-29-18-9-19-30-69)74-49-39-64(40-50-74)62-35-45-72(46-36-62)80(66-23-12-6-13-24-66)67-25-14-7-15-26-67/h4,6-10,12-21,23-60H,1,5,11,22H2,2-3H3. The maximum atomic E-state index is 3.89. The second kappa shape index (κ2) is 25.3. The number of allylic oxidation sites excluding steroid dienone is 1. The molecule has 12 aromatic carbocycles. The van der Waals surface area contributed by atoms with Gasteiger partial charge >= 0.3 is 0 Å². The number of unbranched alkanes of at least 4 members (excludes halogenated alkanes) is 1. The molecule has 0 aliphatic rings. The number of benzene rings is 12. The molecule has 0 aromatic heterocycles. The van der Waals surface area contributed by atoms with Gasteiger partial charge in [-0.15, -0.1) is 6.58 Å². The van der Waals surface area contributed by atoms with Gasteiger partial charge in [-0.05, 0) is 193 Å². The van der Waals surface area contributed by atoms with Gasteiger partial charge in [0.1, 0.15) is 8.07 Å². The van der Waals surface area contributed by atoms with E-state index >= 15 is 0 Å². The van der Waals surface area contributed by atoms with Crippen molar-refractivity contribution in [1.29, 1.82) is 0 Å². The lowest BCUT2D eigenvalue weighted by atomic mass is 10.0. The van der Waals surface area contributed by atoms with Crippen molar-refractivity contribution in [3.8, 4) is 22.3 Å². The summed E-state index contributed by atoms with van der Waals surface area (Å²) >= 11 is 0. The van der Waals surface area contributed by atoms with Crippen molar-refractivity contribution in [1.82, 2.24) is 0 Å². The monoisotopic (exact) mass is 1100 g/mol. The molecule has 0 saturated carbocycles. The quantitative estimate of drug-likeness (QED) is 0.0428. The normalized spacial score (nSPS) is 11.2. The minimum atomic E-state index is -2.13. The molecule has 0 saturated heterocycles. The molecule has 0 unspecified atom stereocenters. The molecule has 0 aliphatic heterocycles. The summed E-state index contributed by atoms with van der Waals surface area (Å²) in [5.74, 6) is 0. The number of nitrogens with zero attached hydrogens (tertiary/aromatic N) is 4. The zero-order valence-electron chi connectivity index (χ0n) is 47.8. The Morgan fingerprint density at radius 1 is 0.262 bits per heavy atom. The topological polar surface area (TPSA) is 13.0 Å². The largest absolute Gasteiger partial charge is 0.311 e. The highest BCUT2D eigenvalue weighted by molar-refractivity contribution is 7.00. The predicted octanol–water partition coefficient (Wildman–Crippen LogP) is 21.2. The Morgan fingerprint density at radius 2 is 0.464 bits per heavy atom. The van der Waals surface area contributed by atoms with Gasteiger partial charge in [-0.1, -0.05) is 205 Å². The molecule has 0 fully saturated rings. The van der Waals surface area contributed by atoms with E-state index in [4.69, 9.17) is 0 Å². The van der Waals surface area contributed by atoms with E-state index in [1.54, 1.807) is 0 Å². The number of anilines is 12. The van der Waals surface area contributed by atoms with Crippen LogP contribution in [0.25, 0.3) is 22.3 Å². The zero-order chi connectivity index (χ0) is 57.1. The van der Waals surface area contributed by atoms with Gasteiger partial charge in [-0.3, -0.25) is 0 Å². The van der Waals surface area contributed by atoms with Crippen molar-refractivity contribution in [2.24, 2.45) is 0 Å². The molecular weight excluding hydrogens is 1030 g/mol. The van der Waals surface area contributed by atoms with Crippen LogP contribution in [0.1, 0.15) is 18.4 Å². The van der Waals surface area contributed by atoms with Gasteiger partial charge in [0.15, 0.2) is 0 Å². The van der Waals surface area contributed by atoms with Crippen molar-refractivity contribution >= 4 is 86.7 Å². The molecule has 0 spiro atoms. The van der Waals surface area contributed by atoms with Gasteiger partial charge in [-0.25, -0.2) is 0 Å². The summed E-state index contributed by atoms with van der Waals surface area (Å²) in [6, 6.07) is 116. The molecule has 408 valence electrons. The van der Waals surface area contributed by atoms with E-state index in [-0.39, 0.29) is 0 Å². The summed E-state index contributed by atoms with van der Waals surface area (Å²) in [7, 11) is -2.13. The molecule has 84 heavy (non-hydrogen) atoms. The van der Waals surface area contributed by atoms with E-state index in [0.29, 0.717) is 0 Å². The van der Waals surface area contributed by atoms with Crippen LogP contribution in [-0.2, 0) is 6.42 Å². The van der Waals surface area contributed by atoms with Crippen molar-refractivity contribution in [2.45, 2.75) is 32.4 Å². The maximum Gasteiger partial charge on any atom is 0.112 e. The van der Waals surface area contributed by atoms with E-state index in [9.17, 15) is 0 Å². The lowest BCUT2D eigenvalue weighted by Crippen LogP contribution is -2.52. The number of para-hydroxylation sites is 5. The molecule has 0 bridgehead atoms. The number of hydrogen-bond donors (Lipinski definition) is 0. The maximum absolute atomic E-state index is 3.89. The molecule has 12 rings (SSSR count). The molecule has 5 heteroatoms. The molecule has 0 N–H and O–H groups in total. The van der Waals surface area contributed by atoms with Gasteiger partial charge in [0.25, 0.3) is 0 Å². The fourth-order valence-electron chi connectivity index (χ4n) is 11.4. The van der Waals surface area contributed by atoms with E-state index in [1.807, 2.05) is 6.08 Å². The highest BCUT2D eigenvalue weighted by Crippen LogP contribution is 2.41. The predicted molar refractivity (Wildman–Crippen MR) is 362 cm³/mol. The first-order valence-corrected chi connectivity index (χ1v) is 32.2. The van der Waals surface area contributed by atoms with Crippen LogP contribution >= 0.6 is 0 Å². The van der Waals surface area contributed by atoms with Crippen LogP contribution in [0.2, 0.25) is 13.1 Å². The lowest BCUT2D eigenvalue weighted by Gasteiger charge is -2.29. The van der Waals surface area contributed by atoms with E-state index in [2.05, 4.69) is 361 Å². The molecule has 0 radical (unpaired) electrons. The Labute approximate surface area is 497 Å². The summed E-state index contributed by atoms with van der Waals surface area (Å²) < 4.78 is 0. The number of hydrogen-bond acceptors (Lipinski definition) is 4. The average Bonchev–Trinajstić information content (AvgIpc) is 3.67. The fraction of sp³-hybridized carbons (Fsp3) is 0.0633. The van der Waals surface area contributed by atoms with Crippen LogP contribution < -0.4 is 30.0 Å². The third-order valence-corrected chi connectivity index (χ3v) is 19.6. The first kappa shape index (κ1) is 54.4.